The summed E-state index contributed by atoms with van der Waals surface area (Å²) in [6.45, 7) is 0.692. The van der Waals surface area contributed by atoms with E-state index in [2.05, 4.69) is 24.3 Å². The SMILES string of the molecule is NCCc1ccccc1OC1CC2CCC1C2. The second kappa shape index (κ2) is 4.69. The summed E-state index contributed by atoms with van der Waals surface area (Å²) >= 11 is 0. The number of fused-ring (bicyclic) bond motifs is 2. The van der Waals surface area contributed by atoms with E-state index in [-0.39, 0.29) is 0 Å². The van der Waals surface area contributed by atoms with Gasteiger partial charge in [-0.1, -0.05) is 18.2 Å². The largest absolute Gasteiger partial charge is 0.490 e. The molecular weight excluding hydrogens is 210 g/mol. The molecule has 2 fully saturated rings. The first-order valence-electron chi connectivity index (χ1n) is 6.81. The summed E-state index contributed by atoms with van der Waals surface area (Å²) in [5.41, 5.74) is 6.90. The number of hydrogen-bond acceptors (Lipinski definition) is 2. The Balaban J connectivity index is 1.72. The third-order valence-electron chi connectivity index (χ3n) is 4.34. The van der Waals surface area contributed by atoms with Gasteiger partial charge in [0.1, 0.15) is 11.9 Å². The van der Waals surface area contributed by atoms with Gasteiger partial charge >= 0.3 is 0 Å². The molecule has 0 aromatic heterocycles. The molecule has 17 heavy (non-hydrogen) atoms. The van der Waals surface area contributed by atoms with Crippen molar-refractivity contribution in [3.8, 4) is 5.75 Å². The normalized spacial score (nSPS) is 30.8. The molecule has 2 nitrogen and oxygen atoms in total. The van der Waals surface area contributed by atoms with Gasteiger partial charge in [0.2, 0.25) is 0 Å². The first-order valence-corrected chi connectivity index (χ1v) is 6.81. The van der Waals surface area contributed by atoms with Crippen LogP contribution in [0.25, 0.3) is 0 Å². The first kappa shape index (κ1) is 11.1. The van der Waals surface area contributed by atoms with Gasteiger partial charge in [0.05, 0.1) is 0 Å². The predicted octanol–water partition coefficient (Wildman–Crippen LogP) is 2.76. The fraction of sp³-hybridized carbons (Fsp3) is 0.600. The Labute approximate surface area is 103 Å². The first-order chi connectivity index (χ1) is 8.36. The zero-order valence-electron chi connectivity index (χ0n) is 10.3. The van der Waals surface area contributed by atoms with Crippen LogP contribution < -0.4 is 10.5 Å². The van der Waals surface area contributed by atoms with Crippen molar-refractivity contribution in [3.05, 3.63) is 29.8 Å². The van der Waals surface area contributed by atoms with Gasteiger partial charge in [-0.3, -0.25) is 0 Å². The molecule has 3 unspecified atom stereocenters. The summed E-state index contributed by atoms with van der Waals surface area (Å²) in [5.74, 6) is 2.81. The Hall–Kier alpha value is -1.02. The van der Waals surface area contributed by atoms with Gasteiger partial charge in [-0.15, -0.1) is 0 Å². The predicted molar refractivity (Wildman–Crippen MR) is 69.1 cm³/mol. The summed E-state index contributed by atoms with van der Waals surface area (Å²) in [6.07, 6.45) is 6.83. The summed E-state index contributed by atoms with van der Waals surface area (Å²) < 4.78 is 6.24. The topological polar surface area (TPSA) is 35.2 Å². The highest BCUT2D eigenvalue weighted by molar-refractivity contribution is 5.34. The molecule has 2 aliphatic rings. The molecular formula is C15H21NO. The monoisotopic (exact) mass is 231 g/mol. The van der Waals surface area contributed by atoms with Crippen LogP contribution in [0.5, 0.6) is 5.75 Å². The molecule has 0 radical (unpaired) electrons. The van der Waals surface area contributed by atoms with Crippen LogP contribution in [0.15, 0.2) is 24.3 Å². The highest BCUT2D eigenvalue weighted by Crippen LogP contribution is 2.46. The molecule has 3 atom stereocenters. The maximum absolute atomic E-state index is 6.24. The van der Waals surface area contributed by atoms with E-state index in [1.54, 1.807) is 0 Å². The number of ether oxygens (including phenoxy) is 1. The number of para-hydroxylation sites is 1. The van der Waals surface area contributed by atoms with E-state index in [1.165, 1.54) is 31.2 Å². The van der Waals surface area contributed by atoms with E-state index in [0.717, 1.165) is 24.0 Å². The zero-order chi connectivity index (χ0) is 11.7. The van der Waals surface area contributed by atoms with E-state index < -0.39 is 0 Å². The van der Waals surface area contributed by atoms with Crippen LogP contribution in [0, 0.1) is 11.8 Å². The quantitative estimate of drug-likeness (QED) is 0.864. The molecule has 92 valence electrons. The molecule has 0 aliphatic heterocycles. The van der Waals surface area contributed by atoms with Crippen LogP contribution in [0.2, 0.25) is 0 Å². The Morgan fingerprint density at radius 2 is 2.06 bits per heavy atom. The number of rotatable bonds is 4. The van der Waals surface area contributed by atoms with Gasteiger partial charge in [0, 0.05) is 0 Å². The average Bonchev–Trinajstić information content (AvgIpc) is 2.94. The second-order valence-corrected chi connectivity index (χ2v) is 5.48. The van der Waals surface area contributed by atoms with E-state index in [9.17, 15) is 0 Å². The van der Waals surface area contributed by atoms with Crippen molar-refractivity contribution in [2.24, 2.45) is 17.6 Å². The van der Waals surface area contributed by atoms with Crippen LogP contribution in [-0.4, -0.2) is 12.6 Å². The van der Waals surface area contributed by atoms with Gasteiger partial charge in [0.15, 0.2) is 0 Å². The van der Waals surface area contributed by atoms with Gasteiger partial charge < -0.3 is 10.5 Å². The Morgan fingerprint density at radius 1 is 1.18 bits per heavy atom. The molecule has 3 rings (SSSR count). The molecule has 2 N–H and O–H groups in total. The lowest BCUT2D eigenvalue weighted by atomic mass is 9.97. The van der Waals surface area contributed by atoms with E-state index in [4.69, 9.17) is 10.5 Å². The fourth-order valence-corrected chi connectivity index (χ4v) is 3.47. The van der Waals surface area contributed by atoms with E-state index in [1.807, 2.05) is 0 Å². The standard InChI is InChI=1S/C15H21NO/c16-8-7-12-3-1-2-4-14(12)17-15-10-11-5-6-13(15)9-11/h1-4,11,13,15H,5-10,16H2. The van der Waals surface area contributed by atoms with E-state index >= 15 is 0 Å². The van der Waals surface area contributed by atoms with Gasteiger partial charge in [0.25, 0.3) is 0 Å². The summed E-state index contributed by atoms with van der Waals surface area (Å²) in [4.78, 5) is 0. The highest BCUT2D eigenvalue weighted by atomic mass is 16.5. The highest BCUT2D eigenvalue weighted by Gasteiger charge is 2.41. The number of hydrogen-bond donors (Lipinski definition) is 1. The molecule has 2 bridgehead atoms. The van der Waals surface area contributed by atoms with Gasteiger partial charge in [-0.2, -0.15) is 0 Å². The second-order valence-electron chi connectivity index (χ2n) is 5.48. The maximum Gasteiger partial charge on any atom is 0.122 e. The fourth-order valence-electron chi connectivity index (χ4n) is 3.47. The van der Waals surface area contributed by atoms with Crippen LogP contribution >= 0.6 is 0 Å². The number of benzene rings is 1. The summed E-state index contributed by atoms with van der Waals surface area (Å²) in [5, 5.41) is 0. The van der Waals surface area contributed by atoms with Crippen molar-refractivity contribution in [1.29, 1.82) is 0 Å². The van der Waals surface area contributed by atoms with Gasteiger partial charge in [-0.05, 0) is 62.1 Å². The average molecular weight is 231 g/mol. The minimum Gasteiger partial charge on any atom is -0.490 e. The Bertz CT molecular complexity index is 390. The molecule has 2 aliphatic carbocycles. The smallest absolute Gasteiger partial charge is 0.122 e. The molecule has 0 amide bonds. The van der Waals surface area contributed by atoms with Crippen LogP contribution in [0.1, 0.15) is 31.2 Å². The maximum atomic E-state index is 6.24. The molecule has 0 spiro atoms. The van der Waals surface area contributed by atoms with Crippen LogP contribution in [0.4, 0.5) is 0 Å². The summed E-state index contributed by atoms with van der Waals surface area (Å²) in [7, 11) is 0. The minimum atomic E-state index is 0.465. The van der Waals surface area contributed by atoms with Crippen molar-refractivity contribution in [3.63, 3.8) is 0 Å². The lowest BCUT2D eigenvalue weighted by molar-refractivity contribution is 0.137. The van der Waals surface area contributed by atoms with Crippen molar-refractivity contribution < 1.29 is 4.74 Å². The van der Waals surface area contributed by atoms with Crippen LogP contribution in [-0.2, 0) is 6.42 Å². The molecule has 0 heterocycles. The molecule has 0 saturated heterocycles. The number of nitrogens with two attached hydrogens (primary N) is 1. The Morgan fingerprint density at radius 3 is 2.76 bits per heavy atom. The molecule has 1 aromatic rings. The lowest BCUT2D eigenvalue weighted by Crippen LogP contribution is -2.24. The third-order valence-corrected chi connectivity index (χ3v) is 4.34. The molecule has 2 heteroatoms. The summed E-state index contributed by atoms with van der Waals surface area (Å²) in [6, 6.07) is 8.35. The third kappa shape index (κ3) is 2.19. The minimum absolute atomic E-state index is 0.465. The lowest BCUT2D eigenvalue weighted by Gasteiger charge is -2.24. The van der Waals surface area contributed by atoms with Gasteiger partial charge in [-0.25, -0.2) is 0 Å². The molecule has 2 saturated carbocycles. The van der Waals surface area contributed by atoms with Crippen molar-refractivity contribution >= 4 is 0 Å². The molecule has 1 aromatic carbocycles. The zero-order valence-corrected chi connectivity index (χ0v) is 10.3. The van der Waals surface area contributed by atoms with Crippen molar-refractivity contribution in [2.75, 3.05) is 6.54 Å². The van der Waals surface area contributed by atoms with Crippen molar-refractivity contribution in [2.45, 2.75) is 38.2 Å². The van der Waals surface area contributed by atoms with E-state index in [0.29, 0.717) is 12.6 Å². The van der Waals surface area contributed by atoms with Crippen molar-refractivity contribution in [1.82, 2.24) is 0 Å². The van der Waals surface area contributed by atoms with Crippen LogP contribution in [0.3, 0.4) is 0 Å². The Kier molecular flexibility index (Phi) is 3.06.